The molecule has 1 N–H and O–H groups in total. The van der Waals surface area contributed by atoms with Crippen molar-refractivity contribution in [1.82, 2.24) is 4.90 Å². The van der Waals surface area contributed by atoms with Gasteiger partial charge < -0.3 is 10.0 Å². The lowest BCUT2D eigenvalue weighted by atomic mass is 9.96. The number of carboxylic acid groups (broad SMARTS) is 1. The SMILES string of the molecule is CN(C(=O)C1CCc2ccccc21)C(C)(C)C(=O)O. The van der Waals surface area contributed by atoms with Gasteiger partial charge in [0.05, 0.1) is 5.92 Å². The number of aliphatic carboxylic acids is 1. The van der Waals surface area contributed by atoms with Crippen molar-refractivity contribution in [1.29, 1.82) is 0 Å². The van der Waals surface area contributed by atoms with Crippen molar-refractivity contribution in [3.8, 4) is 0 Å². The van der Waals surface area contributed by atoms with Crippen molar-refractivity contribution in [2.45, 2.75) is 38.1 Å². The van der Waals surface area contributed by atoms with Gasteiger partial charge in [-0.25, -0.2) is 4.79 Å². The van der Waals surface area contributed by atoms with Crippen LogP contribution in [0.3, 0.4) is 0 Å². The number of hydrogen-bond donors (Lipinski definition) is 1. The largest absolute Gasteiger partial charge is 0.480 e. The van der Waals surface area contributed by atoms with E-state index in [4.69, 9.17) is 0 Å². The van der Waals surface area contributed by atoms with E-state index in [9.17, 15) is 14.7 Å². The van der Waals surface area contributed by atoms with Crippen LogP contribution in [0.5, 0.6) is 0 Å². The molecular formula is C15H19NO3. The summed E-state index contributed by atoms with van der Waals surface area (Å²) in [7, 11) is 1.57. The Kier molecular flexibility index (Phi) is 3.35. The molecule has 0 saturated carbocycles. The zero-order chi connectivity index (χ0) is 14.2. The molecule has 1 atom stereocenters. The van der Waals surface area contributed by atoms with Crippen LogP contribution in [0.25, 0.3) is 0 Å². The predicted molar refractivity (Wildman–Crippen MR) is 72.0 cm³/mol. The van der Waals surface area contributed by atoms with E-state index >= 15 is 0 Å². The first-order valence-corrected chi connectivity index (χ1v) is 6.44. The van der Waals surface area contributed by atoms with Gasteiger partial charge in [-0.15, -0.1) is 0 Å². The van der Waals surface area contributed by atoms with Gasteiger partial charge in [-0.2, -0.15) is 0 Å². The van der Waals surface area contributed by atoms with Gasteiger partial charge in [-0.1, -0.05) is 24.3 Å². The zero-order valence-electron chi connectivity index (χ0n) is 11.5. The third-order valence-corrected chi connectivity index (χ3v) is 4.12. The molecule has 102 valence electrons. The lowest BCUT2D eigenvalue weighted by Crippen LogP contribution is -2.52. The van der Waals surface area contributed by atoms with Crippen molar-refractivity contribution in [2.24, 2.45) is 0 Å². The number of aryl methyl sites for hydroxylation is 1. The smallest absolute Gasteiger partial charge is 0.329 e. The number of hydrogen-bond acceptors (Lipinski definition) is 2. The fraction of sp³-hybridized carbons (Fsp3) is 0.467. The maximum atomic E-state index is 12.5. The lowest BCUT2D eigenvalue weighted by Gasteiger charge is -2.33. The van der Waals surface area contributed by atoms with Gasteiger partial charge >= 0.3 is 5.97 Å². The Morgan fingerprint density at radius 2 is 1.95 bits per heavy atom. The molecule has 0 radical (unpaired) electrons. The van der Waals surface area contributed by atoms with Gasteiger partial charge in [0.2, 0.25) is 5.91 Å². The van der Waals surface area contributed by atoms with Crippen LogP contribution in [-0.2, 0) is 16.0 Å². The van der Waals surface area contributed by atoms with Crippen molar-refractivity contribution < 1.29 is 14.7 Å². The number of carbonyl (C=O) groups is 2. The molecule has 0 aromatic heterocycles. The summed E-state index contributed by atoms with van der Waals surface area (Å²) in [5.74, 6) is -1.31. The van der Waals surface area contributed by atoms with Crippen LogP contribution in [0.1, 0.15) is 37.3 Å². The van der Waals surface area contributed by atoms with Crippen LogP contribution in [0, 0.1) is 0 Å². The van der Waals surface area contributed by atoms with Crippen molar-refractivity contribution in [3.05, 3.63) is 35.4 Å². The molecule has 1 aliphatic rings. The van der Waals surface area contributed by atoms with E-state index in [0.717, 1.165) is 18.4 Å². The number of carbonyl (C=O) groups excluding carboxylic acids is 1. The molecule has 0 saturated heterocycles. The van der Waals surface area contributed by atoms with Crippen LogP contribution in [0.15, 0.2) is 24.3 Å². The van der Waals surface area contributed by atoms with Crippen LogP contribution in [0.2, 0.25) is 0 Å². The zero-order valence-corrected chi connectivity index (χ0v) is 11.5. The molecule has 4 heteroatoms. The molecule has 19 heavy (non-hydrogen) atoms. The van der Waals surface area contributed by atoms with E-state index in [-0.39, 0.29) is 11.8 Å². The standard InChI is InChI=1S/C15H19NO3/c1-15(2,14(18)19)16(3)13(17)12-9-8-10-6-4-5-7-11(10)12/h4-7,12H,8-9H2,1-3H3,(H,18,19). The molecule has 0 heterocycles. The van der Waals surface area contributed by atoms with Crippen molar-refractivity contribution in [2.75, 3.05) is 7.05 Å². The second kappa shape index (κ2) is 4.68. The highest BCUT2D eigenvalue weighted by molar-refractivity contribution is 5.90. The average Bonchev–Trinajstić information content (AvgIpc) is 2.80. The molecule has 1 amide bonds. The molecule has 0 aliphatic heterocycles. The fourth-order valence-electron chi connectivity index (χ4n) is 2.47. The second-order valence-electron chi connectivity index (χ2n) is 5.55. The monoisotopic (exact) mass is 261 g/mol. The van der Waals surface area contributed by atoms with Crippen molar-refractivity contribution >= 4 is 11.9 Å². The van der Waals surface area contributed by atoms with Crippen LogP contribution < -0.4 is 0 Å². The number of fused-ring (bicyclic) bond motifs is 1. The van der Waals surface area contributed by atoms with Gasteiger partial charge in [0.25, 0.3) is 0 Å². The first kappa shape index (κ1) is 13.6. The highest BCUT2D eigenvalue weighted by Gasteiger charge is 2.39. The molecule has 0 bridgehead atoms. The summed E-state index contributed by atoms with van der Waals surface area (Å²) in [5.41, 5.74) is 1.05. The number of amides is 1. The van der Waals surface area contributed by atoms with E-state index < -0.39 is 11.5 Å². The molecule has 4 nitrogen and oxygen atoms in total. The Hall–Kier alpha value is -1.84. The molecule has 1 unspecified atom stereocenters. The van der Waals surface area contributed by atoms with Gasteiger partial charge in [0.15, 0.2) is 0 Å². The molecular weight excluding hydrogens is 242 g/mol. The summed E-state index contributed by atoms with van der Waals surface area (Å²) >= 11 is 0. The molecule has 0 fully saturated rings. The second-order valence-corrected chi connectivity index (χ2v) is 5.55. The summed E-state index contributed by atoms with van der Waals surface area (Å²) < 4.78 is 0. The quantitative estimate of drug-likeness (QED) is 0.905. The number of benzene rings is 1. The van der Waals surface area contributed by atoms with Gasteiger partial charge in [0, 0.05) is 7.05 Å². The highest BCUT2D eigenvalue weighted by atomic mass is 16.4. The summed E-state index contributed by atoms with van der Waals surface area (Å²) in [4.78, 5) is 25.1. The Morgan fingerprint density at radius 1 is 1.32 bits per heavy atom. The number of rotatable bonds is 3. The first-order chi connectivity index (χ1) is 8.85. The van der Waals surface area contributed by atoms with E-state index in [1.807, 2.05) is 24.3 Å². The number of nitrogens with zero attached hydrogens (tertiary/aromatic N) is 1. The Labute approximate surface area is 113 Å². The number of likely N-dealkylation sites (N-methyl/N-ethyl adjacent to an activating group) is 1. The summed E-state index contributed by atoms with van der Waals surface area (Å²) in [5, 5.41) is 9.20. The Bertz CT molecular complexity index is 522. The lowest BCUT2D eigenvalue weighted by molar-refractivity contribution is -0.155. The van der Waals surface area contributed by atoms with Gasteiger partial charge in [0.1, 0.15) is 5.54 Å². The van der Waals surface area contributed by atoms with E-state index in [1.165, 1.54) is 10.5 Å². The molecule has 1 aliphatic carbocycles. The van der Waals surface area contributed by atoms with Gasteiger partial charge in [-0.05, 0) is 37.8 Å². The van der Waals surface area contributed by atoms with Crippen LogP contribution in [0.4, 0.5) is 0 Å². The van der Waals surface area contributed by atoms with Gasteiger partial charge in [-0.3, -0.25) is 4.79 Å². The summed E-state index contributed by atoms with van der Waals surface area (Å²) in [6.07, 6.45) is 1.64. The minimum atomic E-state index is -1.19. The van der Waals surface area contributed by atoms with E-state index in [0.29, 0.717) is 0 Å². The fourth-order valence-corrected chi connectivity index (χ4v) is 2.47. The molecule has 1 aromatic rings. The molecule has 1 aromatic carbocycles. The Morgan fingerprint density at radius 3 is 2.58 bits per heavy atom. The molecule has 0 spiro atoms. The number of carboxylic acids is 1. The van der Waals surface area contributed by atoms with E-state index in [2.05, 4.69) is 0 Å². The molecule has 2 rings (SSSR count). The third-order valence-electron chi connectivity index (χ3n) is 4.12. The predicted octanol–water partition coefficient (Wildman–Crippen LogP) is 2.04. The average molecular weight is 261 g/mol. The topological polar surface area (TPSA) is 57.6 Å². The Balaban J connectivity index is 2.25. The van der Waals surface area contributed by atoms with Crippen LogP contribution >= 0.6 is 0 Å². The minimum absolute atomic E-state index is 0.114. The maximum absolute atomic E-state index is 12.5. The maximum Gasteiger partial charge on any atom is 0.329 e. The summed E-state index contributed by atoms with van der Waals surface area (Å²) in [6, 6.07) is 7.89. The summed E-state index contributed by atoms with van der Waals surface area (Å²) in [6.45, 7) is 3.10. The van der Waals surface area contributed by atoms with Crippen molar-refractivity contribution in [3.63, 3.8) is 0 Å². The van der Waals surface area contributed by atoms with E-state index in [1.54, 1.807) is 20.9 Å². The third kappa shape index (κ3) is 2.23. The first-order valence-electron chi connectivity index (χ1n) is 6.44. The highest BCUT2D eigenvalue weighted by Crippen LogP contribution is 2.35. The minimum Gasteiger partial charge on any atom is -0.480 e. The van der Waals surface area contributed by atoms with Crippen LogP contribution in [-0.4, -0.2) is 34.5 Å². The normalized spacial score (nSPS) is 17.9.